The quantitative estimate of drug-likeness (QED) is 0.794. The smallest absolute Gasteiger partial charge is 0.230 e. The van der Waals surface area contributed by atoms with E-state index in [1.807, 2.05) is 42.3 Å². The van der Waals surface area contributed by atoms with Gasteiger partial charge in [-0.15, -0.1) is 0 Å². The summed E-state index contributed by atoms with van der Waals surface area (Å²) < 4.78 is 0. The summed E-state index contributed by atoms with van der Waals surface area (Å²) in [7, 11) is 1.90. The molecule has 0 aliphatic heterocycles. The van der Waals surface area contributed by atoms with Crippen molar-refractivity contribution in [2.45, 2.75) is 33.1 Å². The first kappa shape index (κ1) is 13.1. The second-order valence-corrected chi connectivity index (χ2v) is 5.68. The van der Waals surface area contributed by atoms with Crippen LogP contribution in [0.15, 0.2) is 30.3 Å². The molecule has 0 saturated heterocycles. The molecule has 1 aromatic carbocycles. The van der Waals surface area contributed by atoms with E-state index in [-0.39, 0.29) is 11.8 Å². The molecule has 0 radical (unpaired) electrons. The van der Waals surface area contributed by atoms with Gasteiger partial charge in [0.25, 0.3) is 0 Å². The number of hydrogen-bond acceptors (Lipinski definition) is 1. The van der Waals surface area contributed by atoms with Crippen LogP contribution in [0.25, 0.3) is 0 Å². The number of nitrogens with zero attached hydrogens (tertiary/aromatic N) is 1. The second-order valence-electron chi connectivity index (χ2n) is 5.68. The monoisotopic (exact) mass is 245 g/mol. The van der Waals surface area contributed by atoms with Gasteiger partial charge in [0.1, 0.15) is 0 Å². The average molecular weight is 245 g/mol. The second kappa shape index (κ2) is 5.55. The van der Waals surface area contributed by atoms with Crippen molar-refractivity contribution in [1.82, 2.24) is 0 Å². The molecule has 2 nitrogen and oxygen atoms in total. The number of carbonyl (C=O) groups is 1. The van der Waals surface area contributed by atoms with E-state index in [0.29, 0.717) is 11.8 Å². The van der Waals surface area contributed by atoms with Gasteiger partial charge in [0.2, 0.25) is 5.91 Å². The fraction of sp³-hybridized carbons (Fsp3) is 0.562. The molecule has 2 rings (SSSR count). The molecule has 2 heteroatoms. The van der Waals surface area contributed by atoms with Crippen LogP contribution >= 0.6 is 0 Å². The lowest BCUT2D eigenvalue weighted by molar-refractivity contribution is -0.123. The summed E-state index contributed by atoms with van der Waals surface area (Å²) in [4.78, 5) is 14.4. The highest BCUT2D eigenvalue weighted by atomic mass is 16.2. The molecule has 0 heterocycles. The largest absolute Gasteiger partial charge is 0.315 e. The first-order valence-electron chi connectivity index (χ1n) is 6.94. The van der Waals surface area contributed by atoms with Gasteiger partial charge in [-0.2, -0.15) is 0 Å². The van der Waals surface area contributed by atoms with Crippen molar-refractivity contribution in [2.75, 3.05) is 11.9 Å². The molecule has 2 atom stereocenters. The van der Waals surface area contributed by atoms with Gasteiger partial charge in [0, 0.05) is 18.7 Å². The van der Waals surface area contributed by atoms with Crippen LogP contribution in [0.5, 0.6) is 0 Å². The molecule has 1 amide bonds. The van der Waals surface area contributed by atoms with E-state index in [4.69, 9.17) is 0 Å². The van der Waals surface area contributed by atoms with Gasteiger partial charge in [-0.3, -0.25) is 4.79 Å². The number of hydrogen-bond donors (Lipinski definition) is 0. The number of anilines is 1. The Morgan fingerprint density at radius 1 is 1.22 bits per heavy atom. The maximum Gasteiger partial charge on any atom is 0.230 e. The number of benzene rings is 1. The maximum absolute atomic E-state index is 12.6. The van der Waals surface area contributed by atoms with Gasteiger partial charge in [-0.05, 0) is 36.8 Å². The predicted octanol–water partition coefficient (Wildman–Crippen LogP) is 3.72. The first-order chi connectivity index (χ1) is 8.61. The normalized spacial score (nSPS) is 23.3. The lowest BCUT2D eigenvalue weighted by Crippen LogP contribution is -2.35. The third-order valence-corrected chi connectivity index (χ3v) is 4.22. The molecule has 18 heavy (non-hydrogen) atoms. The summed E-state index contributed by atoms with van der Waals surface area (Å²) in [5.41, 5.74) is 0.997. The van der Waals surface area contributed by atoms with Crippen LogP contribution in [-0.4, -0.2) is 13.0 Å². The topological polar surface area (TPSA) is 20.3 Å². The fourth-order valence-electron chi connectivity index (χ4n) is 3.12. The molecule has 98 valence electrons. The van der Waals surface area contributed by atoms with Crippen molar-refractivity contribution in [1.29, 1.82) is 0 Å². The molecule has 1 aliphatic carbocycles. The first-order valence-corrected chi connectivity index (χ1v) is 6.94. The average Bonchev–Trinajstić information content (AvgIpc) is 2.87. The van der Waals surface area contributed by atoms with Crippen LogP contribution in [0.2, 0.25) is 0 Å². The third-order valence-electron chi connectivity index (χ3n) is 4.22. The van der Waals surface area contributed by atoms with Gasteiger partial charge in [0.05, 0.1) is 0 Å². The van der Waals surface area contributed by atoms with Crippen molar-refractivity contribution in [3.05, 3.63) is 30.3 Å². The van der Waals surface area contributed by atoms with E-state index in [9.17, 15) is 4.79 Å². The molecule has 1 aromatic rings. The van der Waals surface area contributed by atoms with E-state index in [1.165, 1.54) is 12.8 Å². The number of para-hydroxylation sites is 1. The van der Waals surface area contributed by atoms with Gasteiger partial charge in [-0.1, -0.05) is 38.5 Å². The zero-order chi connectivity index (χ0) is 13.1. The fourth-order valence-corrected chi connectivity index (χ4v) is 3.12. The molecule has 1 saturated carbocycles. The van der Waals surface area contributed by atoms with Crippen LogP contribution in [0.4, 0.5) is 5.69 Å². The highest BCUT2D eigenvalue weighted by molar-refractivity contribution is 5.94. The van der Waals surface area contributed by atoms with Gasteiger partial charge < -0.3 is 4.90 Å². The molecule has 0 aromatic heterocycles. The zero-order valence-electron chi connectivity index (χ0n) is 11.6. The van der Waals surface area contributed by atoms with Crippen LogP contribution in [0.3, 0.4) is 0 Å². The van der Waals surface area contributed by atoms with Crippen molar-refractivity contribution in [2.24, 2.45) is 17.8 Å². The number of amides is 1. The maximum atomic E-state index is 12.6. The van der Waals surface area contributed by atoms with Crippen LogP contribution in [-0.2, 0) is 4.79 Å². The molecular formula is C16H23NO. The Morgan fingerprint density at radius 2 is 1.89 bits per heavy atom. The molecule has 0 N–H and O–H groups in total. The molecule has 0 spiro atoms. The van der Waals surface area contributed by atoms with E-state index < -0.39 is 0 Å². The Labute approximate surface area is 110 Å². The summed E-state index contributed by atoms with van der Waals surface area (Å²) >= 11 is 0. The van der Waals surface area contributed by atoms with Crippen LogP contribution in [0, 0.1) is 17.8 Å². The Kier molecular flexibility index (Phi) is 4.05. The van der Waals surface area contributed by atoms with Gasteiger partial charge in [-0.25, -0.2) is 0 Å². The lowest BCUT2D eigenvalue weighted by atomic mass is 9.85. The highest BCUT2D eigenvalue weighted by Gasteiger charge is 2.36. The van der Waals surface area contributed by atoms with Crippen molar-refractivity contribution in [3.8, 4) is 0 Å². The van der Waals surface area contributed by atoms with E-state index in [1.54, 1.807) is 0 Å². The van der Waals surface area contributed by atoms with E-state index in [0.717, 1.165) is 12.1 Å². The Hall–Kier alpha value is -1.31. The SMILES string of the molecule is CC(C)[C@H]1CCC[C@@H]1C(=O)N(C)c1ccccc1. The van der Waals surface area contributed by atoms with Crippen molar-refractivity contribution < 1.29 is 4.79 Å². The number of rotatable bonds is 3. The van der Waals surface area contributed by atoms with Crippen LogP contribution in [0.1, 0.15) is 33.1 Å². The standard InChI is InChI=1S/C16H23NO/c1-12(2)14-10-7-11-15(14)16(18)17(3)13-8-5-4-6-9-13/h4-6,8-9,12,14-15H,7,10-11H2,1-3H3/t14-,15+/m1/s1. The lowest BCUT2D eigenvalue weighted by Gasteiger charge is -2.27. The summed E-state index contributed by atoms with van der Waals surface area (Å²) in [5.74, 6) is 1.67. The minimum atomic E-state index is 0.218. The van der Waals surface area contributed by atoms with Crippen LogP contribution < -0.4 is 4.90 Å². The van der Waals surface area contributed by atoms with Gasteiger partial charge in [0.15, 0.2) is 0 Å². The summed E-state index contributed by atoms with van der Waals surface area (Å²) in [5, 5.41) is 0. The van der Waals surface area contributed by atoms with Crippen molar-refractivity contribution in [3.63, 3.8) is 0 Å². The highest BCUT2D eigenvalue weighted by Crippen LogP contribution is 2.38. The number of carbonyl (C=O) groups excluding carboxylic acids is 1. The molecule has 0 bridgehead atoms. The third kappa shape index (κ3) is 2.58. The summed E-state index contributed by atoms with van der Waals surface area (Å²) in [6.45, 7) is 4.47. The minimum absolute atomic E-state index is 0.218. The summed E-state index contributed by atoms with van der Waals surface area (Å²) in [6, 6.07) is 9.93. The molecule has 1 aliphatic rings. The zero-order valence-corrected chi connectivity index (χ0v) is 11.6. The Balaban J connectivity index is 2.11. The molecular weight excluding hydrogens is 222 g/mol. The van der Waals surface area contributed by atoms with E-state index in [2.05, 4.69) is 13.8 Å². The predicted molar refractivity (Wildman–Crippen MR) is 75.5 cm³/mol. The summed E-state index contributed by atoms with van der Waals surface area (Å²) in [6.07, 6.45) is 3.46. The molecule has 0 unspecified atom stereocenters. The Morgan fingerprint density at radius 3 is 2.50 bits per heavy atom. The van der Waals surface area contributed by atoms with Gasteiger partial charge >= 0.3 is 0 Å². The van der Waals surface area contributed by atoms with E-state index >= 15 is 0 Å². The Bertz CT molecular complexity index is 399. The molecule has 1 fully saturated rings. The van der Waals surface area contributed by atoms with Crippen molar-refractivity contribution >= 4 is 11.6 Å². The minimum Gasteiger partial charge on any atom is -0.315 e.